The van der Waals surface area contributed by atoms with Crippen LogP contribution in [-0.4, -0.2) is 5.27 Å². The maximum Gasteiger partial charge on any atom is 0.246 e. The van der Waals surface area contributed by atoms with Gasteiger partial charge in [-0.2, -0.15) is 0 Å². The number of aryl methyl sites for hydroxylation is 1. The first-order valence-electron chi connectivity index (χ1n) is 5.14. The zero-order chi connectivity index (χ0) is 12.3. The molecule has 0 radical (unpaired) electrons. The van der Waals surface area contributed by atoms with Gasteiger partial charge in [0.1, 0.15) is 5.82 Å². The smallest absolute Gasteiger partial charge is 0.246 e. The van der Waals surface area contributed by atoms with Gasteiger partial charge in [-0.15, -0.1) is 0 Å². The van der Waals surface area contributed by atoms with Crippen LogP contribution in [0.5, 0.6) is 5.95 Å². The highest BCUT2D eigenvalue weighted by molar-refractivity contribution is 5.15. The summed E-state index contributed by atoms with van der Waals surface area (Å²) >= 11 is 0. The van der Waals surface area contributed by atoms with Crippen molar-refractivity contribution in [3.63, 3.8) is 0 Å². The number of hydrogen-bond donors (Lipinski definition) is 1. The summed E-state index contributed by atoms with van der Waals surface area (Å²) in [7, 11) is 1.64. The van der Waals surface area contributed by atoms with Crippen molar-refractivity contribution in [2.45, 2.75) is 13.1 Å². The van der Waals surface area contributed by atoms with E-state index in [1.165, 1.54) is 16.8 Å². The maximum atomic E-state index is 12.7. The monoisotopic (exact) mass is 237 g/mol. The van der Waals surface area contributed by atoms with Crippen molar-refractivity contribution in [2.24, 2.45) is 7.05 Å². The van der Waals surface area contributed by atoms with Gasteiger partial charge in [0, 0.05) is 6.54 Å². The van der Waals surface area contributed by atoms with Crippen molar-refractivity contribution < 1.29 is 18.7 Å². The molecule has 90 valence electrons. The Morgan fingerprint density at radius 1 is 1.35 bits per heavy atom. The quantitative estimate of drug-likeness (QED) is 0.760. The fourth-order valence-electron chi connectivity index (χ4n) is 1.45. The summed E-state index contributed by atoms with van der Waals surface area (Å²) in [6.45, 7) is 0.904. The highest BCUT2D eigenvalue weighted by atomic mass is 19.1. The van der Waals surface area contributed by atoms with Gasteiger partial charge in [0.2, 0.25) is 5.69 Å². The molecule has 0 unspecified atom stereocenters. The zero-order valence-corrected chi connectivity index (χ0v) is 9.31. The Morgan fingerprint density at radius 2 is 2.06 bits per heavy atom. The summed E-state index contributed by atoms with van der Waals surface area (Å²) < 4.78 is 18.5. The molecule has 1 aromatic heterocycles. The molecule has 0 fully saturated rings. The second kappa shape index (κ2) is 4.92. The molecule has 2 rings (SSSR count). The average molecular weight is 237 g/mol. The number of benzene rings is 1. The van der Waals surface area contributed by atoms with Gasteiger partial charge >= 0.3 is 0 Å². The van der Waals surface area contributed by atoms with Crippen LogP contribution in [0.25, 0.3) is 0 Å². The van der Waals surface area contributed by atoms with E-state index in [9.17, 15) is 9.50 Å². The number of nitrogens with one attached hydrogen (secondary N) is 1. The van der Waals surface area contributed by atoms with Gasteiger partial charge in [-0.05, 0) is 17.7 Å². The summed E-state index contributed by atoms with van der Waals surface area (Å²) in [6.07, 6.45) is 0. The minimum atomic E-state index is -0.445. The lowest BCUT2D eigenvalue weighted by Gasteiger charge is -2.02. The van der Waals surface area contributed by atoms with Crippen LogP contribution in [0.2, 0.25) is 0 Å². The predicted molar refractivity (Wildman–Crippen MR) is 54.1 cm³/mol. The van der Waals surface area contributed by atoms with E-state index in [-0.39, 0.29) is 5.82 Å². The molecular formula is C11H12FN3O2. The van der Waals surface area contributed by atoms with Gasteiger partial charge in [-0.3, -0.25) is 0 Å². The van der Waals surface area contributed by atoms with Crippen molar-refractivity contribution in [1.29, 1.82) is 0 Å². The first-order chi connectivity index (χ1) is 8.16. The Labute approximate surface area is 97.5 Å². The van der Waals surface area contributed by atoms with Crippen LogP contribution >= 0.6 is 0 Å². The minimum Gasteiger partial charge on any atom is -0.539 e. The first kappa shape index (κ1) is 11.5. The summed E-state index contributed by atoms with van der Waals surface area (Å²) in [5, 5.41) is 17.7. The lowest BCUT2D eigenvalue weighted by molar-refractivity contribution is -0.746. The van der Waals surface area contributed by atoms with Crippen LogP contribution in [0, 0.1) is 5.82 Å². The molecule has 0 aliphatic heterocycles. The molecule has 6 heteroatoms. The first-order valence-corrected chi connectivity index (χ1v) is 5.14. The lowest BCUT2D eigenvalue weighted by Crippen LogP contribution is -2.36. The zero-order valence-electron chi connectivity index (χ0n) is 9.31. The summed E-state index contributed by atoms with van der Waals surface area (Å²) in [6, 6.07) is 6.17. The van der Waals surface area contributed by atoms with E-state index in [0.29, 0.717) is 18.8 Å². The van der Waals surface area contributed by atoms with Crippen LogP contribution in [-0.2, 0) is 20.1 Å². The van der Waals surface area contributed by atoms with E-state index in [1.807, 2.05) is 0 Å². The highest BCUT2D eigenvalue weighted by Crippen LogP contribution is 2.06. The number of rotatable bonds is 4. The molecule has 5 nitrogen and oxygen atoms in total. The largest absolute Gasteiger partial charge is 0.539 e. The van der Waals surface area contributed by atoms with Crippen LogP contribution in [0.1, 0.15) is 11.3 Å². The normalized spacial score (nSPS) is 10.7. The molecule has 0 aliphatic carbocycles. The Kier molecular flexibility index (Phi) is 3.34. The fraction of sp³-hybridized carbons (Fsp3) is 0.273. The Balaban J connectivity index is 1.90. The molecule has 1 N–H and O–H groups in total. The third-order valence-electron chi connectivity index (χ3n) is 2.41. The van der Waals surface area contributed by atoms with Crippen molar-refractivity contribution in [1.82, 2.24) is 10.6 Å². The van der Waals surface area contributed by atoms with Crippen molar-refractivity contribution in [2.75, 3.05) is 0 Å². The predicted octanol–water partition coefficient (Wildman–Crippen LogP) is 0.00160. The maximum absolute atomic E-state index is 12.7. The van der Waals surface area contributed by atoms with Crippen molar-refractivity contribution in [3.05, 3.63) is 41.3 Å². The minimum absolute atomic E-state index is 0.263. The van der Waals surface area contributed by atoms with E-state index in [0.717, 1.165) is 5.56 Å². The summed E-state index contributed by atoms with van der Waals surface area (Å²) in [4.78, 5) is 0. The van der Waals surface area contributed by atoms with Gasteiger partial charge in [0.15, 0.2) is 13.0 Å². The molecule has 17 heavy (non-hydrogen) atoms. The van der Waals surface area contributed by atoms with E-state index in [4.69, 9.17) is 0 Å². The second-order valence-corrected chi connectivity index (χ2v) is 3.66. The molecule has 0 amide bonds. The molecule has 1 heterocycles. The van der Waals surface area contributed by atoms with E-state index < -0.39 is 5.95 Å². The topological polar surface area (TPSA) is 65.0 Å². The SMILES string of the molecule is C[n+]1noc([O-])c1CNCc1ccc(F)cc1. The molecule has 0 aliphatic rings. The number of aromatic nitrogens is 2. The Bertz CT molecular complexity index is 476. The molecular weight excluding hydrogens is 225 g/mol. The van der Waals surface area contributed by atoms with Crippen molar-refractivity contribution >= 4 is 0 Å². The summed E-state index contributed by atoms with van der Waals surface area (Å²) in [5.41, 5.74) is 1.39. The van der Waals surface area contributed by atoms with Gasteiger partial charge in [0.05, 0.1) is 11.8 Å². The van der Waals surface area contributed by atoms with E-state index >= 15 is 0 Å². The summed E-state index contributed by atoms with van der Waals surface area (Å²) in [5.74, 6) is -0.708. The third kappa shape index (κ3) is 2.79. The Morgan fingerprint density at radius 3 is 2.65 bits per heavy atom. The molecule has 0 atom stereocenters. The molecule has 0 saturated carbocycles. The lowest BCUT2D eigenvalue weighted by atomic mass is 10.2. The number of nitrogens with zero attached hydrogens (tertiary/aromatic N) is 2. The van der Waals surface area contributed by atoms with Gasteiger partial charge in [-0.1, -0.05) is 16.8 Å². The molecule has 1 aromatic carbocycles. The van der Waals surface area contributed by atoms with Crippen molar-refractivity contribution in [3.8, 4) is 5.95 Å². The molecule has 0 spiro atoms. The van der Waals surface area contributed by atoms with Crippen LogP contribution in [0.3, 0.4) is 0 Å². The number of halogens is 1. The Hall–Kier alpha value is -1.95. The van der Waals surface area contributed by atoms with E-state index in [2.05, 4.69) is 15.1 Å². The highest BCUT2D eigenvalue weighted by Gasteiger charge is 2.11. The molecule has 0 saturated heterocycles. The van der Waals surface area contributed by atoms with Crippen LogP contribution in [0.15, 0.2) is 28.8 Å². The van der Waals surface area contributed by atoms with Gasteiger partial charge in [0.25, 0.3) is 0 Å². The second-order valence-electron chi connectivity index (χ2n) is 3.66. The van der Waals surface area contributed by atoms with E-state index in [1.54, 1.807) is 19.2 Å². The average Bonchev–Trinajstić information content (AvgIpc) is 2.63. The third-order valence-corrected chi connectivity index (χ3v) is 2.41. The van der Waals surface area contributed by atoms with Crippen LogP contribution in [0.4, 0.5) is 4.39 Å². The molecule has 0 bridgehead atoms. The van der Waals surface area contributed by atoms with Gasteiger partial charge < -0.3 is 14.9 Å². The fourth-order valence-corrected chi connectivity index (χ4v) is 1.45. The van der Waals surface area contributed by atoms with Gasteiger partial charge in [-0.25, -0.2) is 4.39 Å². The standard InChI is InChI=1S/C11H12FN3O2/c1-15-10(11(16)17-14-15)7-13-6-8-2-4-9(12)5-3-8/h2-5,13H,6-7H2,1H3. The molecule has 2 aromatic rings. The number of hydrogen-bond acceptors (Lipinski definition) is 4. The van der Waals surface area contributed by atoms with Crippen LogP contribution < -0.4 is 15.1 Å².